The number of amides is 2. The standard InChI is InChI=1S/C19H24N2O5/c1-5-25-17-8-7-13(11-18(17)26-6-2)20-19(22)21-14-9-15(23-3)12-16(10-14)24-4/h7-12H,5-6H2,1-4H3,(H2,20,21,22). The van der Waals surface area contributed by atoms with Crippen LogP contribution >= 0.6 is 0 Å². The Bertz CT molecular complexity index is 726. The predicted octanol–water partition coefficient (Wildman–Crippen LogP) is 4.15. The smallest absolute Gasteiger partial charge is 0.323 e. The molecule has 0 saturated heterocycles. The second-order valence-corrected chi connectivity index (χ2v) is 5.21. The van der Waals surface area contributed by atoms with E-state index in [-0.39, 0.29) is 0 Å². The Labute approximate surface area is 153 Å². The molecule has 0 aliphatic rings. The number of carbonyl (C=O) groups excluding carboxylic acids is 1. The summed E-state index contributed by atoms with van der Waals surface area (Å²) in [5, 5.41) is 5.52. The maximum absolute atomic E-state index is 12.3. The average molecular weight is 360 g/mol. The van der Waals surface area contributed by atoms with Gasteiger partial charge in [0.15, 0.2) is 11.5 Å². The molecule has 2 aromatic carbocycles. The van der Waals surface area contributed by atoms with Crippen molar-refractivity contribution in [2.45, 2.75) is 13.8 Å². The Balaban J connectivity index is 2.11. The normalized spacial score (nSPS) is 10.0. The molecule has 0 bridgehead atoms. The largest absolute Gasteiger partial charge is 0.497 e. The summed E-state index contributed by atoms with van der Waals surface area (Å²) in [5.74, 6) is 2.38. The third-order valence-electron chi connectivity index (χ3n) is 3.41. The van der Waals surface area contributed by atoms with E-state index < -0.39 is 6.03 Å². The zero-order valence-corrected chi connectivity index (χ0v) is 15.4. The van der Waals surface area contributed by atoms with Crippen LogP contribution in [0.4, 0.5) is 16.2 Å². The molecule has 0 fully saturated rings. The lowest BCUT2D eigenvalue weighted by atomic mass is 10.2. The molecule has 2 N–H and O–H groups in total. The van der Waals surface area contributed by atoms with Gasteiger partial charge < -0.3 is 29.6 Å². The number of anilines is 2. The Morgan fingerprint density at radius 3 is 1.96 bits per heavy atom. The maximum atomic E-state index is 12.3. The van der Waals surface area contributed by atoms with E-state index >= 15 is 0 Å². The molecule has 0 atom stereocenters. The summed E-state index contributed by atoms with van der Waals surface area (Å²) in [6.07, 6.45) is 0. The summed E-state index contributed by atoms with van der Waals surface area (Å²) in [5.41, 5.74) is 1.14. The van der Waals surface area contributed by atoms with Crippen LogP contribution in [-0.2, 0) is 0 Å². The Morgan fingerprint density at radius 2 is 1.38 bits per heavy atom. The van der Waals surface area contributed by atoms with Crippen LogP contribution in [0.3, 0.4) is 0 Å². The molecule has 2 rings (SSSR count). The SMILES string of the molecule is CCOc1ccc(NC(=O)Nc2cc(OC)cc(OC)c2)cc1OCC. The first-order chi connectivity index (χ1) is 12.6. The highest BCUT2D eigenvalue weighted by molar-refractivity contribution is 6.00. The van der Waals surface area contributed by atoms with E-state index in [0.29, 0.717) is 47.6 Å². The molecule has 26 heavy (non-hydrogen) atoms. The van der Waals surface area contributed by atoms with Crippen molar-refractivity contribution in [3.05, 3.63) is 36.4 Å². The van der Waals surface area contributed by atoms with Crippen LogP contribution in [0, 0.1) is 0 Å². The number of urea groups is 1. The van der Waals surface area contributed by atoms with Crippen LogP contribution in [0.5, 0.6) is 23.0 Å². The van der Waals surface area contributed by atoms with Gasteiger partial charge in [-0.05, 0) is 26.0 Å². The number of hydrogen-bond donors (Lipinski definition) is 2. The number of hydrogen-bond acceptors (Lipinski definition) is 5. The van der Waals surface area contributed by atoms with Gasteiger partial charge in [-0.1, -0.05) is 0 Å². The van der Waals surface area contributed by atoms with Gasteiger partial charge in [-0.3, -0.25) is 0 Å². The summed E-state index contributed by atoms with van der Waals surface area (Å²) < 4.78 is 21.5. The lowest BCUT2D eigenvalue weighted by molar-refractivity contribution is 0.262. The Hall–Kier alpha value is -3.09. The van der Waals surface area contributed by atoms with Gasteiger partial charge in [0, 0.05) is 35.6 Å². The Kier molecular flexibility index (Phi) is 6.96. The van der Waals surface area contributed by atoms with Gasteiger partial charge in [-0.25, -0.2) is 4.79 Å². The molecule has 0 aliphatic carbocycles. The van der Waals surface area contributed by atoms with Gasteiger partial charge in [-0.2, -0.15) is 0 Å². The van der Waals surface area contributed by atoms with Crippen molar-refractivity contribution in [3.8, 4) is 23.0 Å². The fourth-order valence-corrected chi connectivity index (χ4v) is 2.30. The summed E-state index contributed by atoms with van der Waals surface area (Å²) >= 11 is 0. The summed E-state index contributed by atoms with van der Waals surface area (Å²) in [6.45, 7) is 4.82. The fourth-order valence-electron chi connectivity index (χ4n) is 2.30. The van der Waals surface area contributed by atoms with Crippen LogP contribution in [0.1, 0.15) is 13.8 Å². The first-order valence-electron chi connectivity index (χ1n) is 8.30. The van der Waals surface area contributed by atoms with Gasteiger partial charge in [0.05, 0.1) is 27.4 Å². The molecule has 7 heteroatoms. The van der Waals surface area contributed by atoms with Crippen LogP contribution in [0.25, 0.3) is 0 Å². The van der Waals surface area contributed by atoms with E-state index in [1.807, 2.05) is 13.8 Å². The van der Waals surface area contributed by atoms with Gasteiger partial charge in [-0.15, -0.1) is 0 Å². The molecule has 0 aliphatic heterocycles. The van der Waals surface area contributed by atoms with E-state index in [4.69, 9.17) is 18.9 Å². The van der Waals surface area contributed by atoms with Crippen LogP contribution in [0.15, 0.2) is 36.4 Å². The minimum absolute atomic E-state index is 0.396. The monoisotopic (exact) mass is 360 g/mol. The van der Waals surface area contributed by atoms with Crippen molar-refractivity contribution >= 4 is 17.4 Å². The van der Waals surface area contributed by atoms with Crippen molar-refractivity contribution in [3.63, 3.8) is 0 Å². The molecule has 140 valence electrons. The molecule has 7 nitrogen and oxygen atoms in total. The predicted molar refractivity (Wildman–Crippen MR) is 101 cm³/mol. The third-order valence-corrected chi connectivity index (χ3v) is 3.41. The lowest BCUT2D eigenvalue weighted by Gasteiger charge is -2.14. The number of rotatable bonds is 8. The second-order valence-electron chi connectivity index (χ2n) is 5.21. The lowest BCUT2D eigenvalue weighted by Crippen LogP contribution is -2.19. The zero-order chi connectivity index (χ0) is 18.9. The topological polar surface area (TPSA) is 78.1 Å². The zero-order valence-electron chi connectivity index (χ0n) is 15.4. The number of carbonyl (C=O) groups is 1. The fraction of sp³-hybridized carbons (Fsp3) is 0.316. The van der Waals surface area contributed by atoms with Gasteiger partial charge in [0.25, 0.3) is 0 Å². The maximum Gasteiger partial charge on any atom is 0.323 e. The quantitative estimate of drug-likeness (QED) is 0.739. The molecule has 2 amide bonds. The van der Waals surface area contributed by atoms with Crippen molar-refractivity contribution in [2.24, 2.45) is 0 Å². The van der Waals surface area contributed by atoms with Crippen LogP contribution < -0.4 is 29.6 Å². The van der Waals surface area contributed by atoms with E-state index in [1.165, 1.54) is 0 Å². The van der Waals surface area contributed by atoms with Gasteiger partial charge in [0.2, 0.25) is 0 Å². The van der Waals surface area contributed by atoms with E-state index in [0.717, 1.165) is 0 Å². The number of benzene rings is 2. The van der Waals surface area contributed by atoms with Crippen LogP contribution in [0.2, 0.25) is 0 Å². The van der Waals surface area contributed by atoms with Crippen molar-refractivity contribution in [1.82, 2.24) is 0 Å². The van der Waals surface area contributed by atoms with Crippen molar-refractivity contribution in [2.75, 3.05) is 38.1 Å². The highest BCUT2D eigenvalue weighted by atomic mass is 16.5. The van der Waals surface area contributed by atoms with Gasteiger partial charge in [0.1, 0.15) is 11.5 Å². The highest BCUT2D eigenvalue weighted by Crippen LogP contribution is 2.31. The number of methoxy groups -OCH3 is 2. The first kappa shape index (κ1) is 19.2. The van der Waals surface area contributed by atoms with E-state index in [9.17, 15) is 4.79 Å². The van der Waals surface area contributed by atoms with Crippen molar-refractivity contribution in [1.29, 1.82) is 0 Å². The minimum Gasteiger partial charge on any atom is -0.497 e. The number of nitrogens with one attached hydrogen (secondary N) is 2. The summed E-state index contributed by atoms with van der Waals surface area (Å²) in [7, 11) is 3.10. The number of ether oxygens (including phenoxy) is 4. The molecular weight excluding hydrogens is 336 g/mol. The summed E-state index contributed by atoms with van der Waals surface area (Å²) in [4.78, 5) is 12.3. The molecule has 0 heterocycles. The second kappa shape index (κ2) is 9.41. The molecule has 0 unspecified atom stereocenters. The van der Waals surface area contributed by atoms with Crippen LogP contribution in [-0.4, -0.2) is 33.5 Å². The minimum atomic E-state index is -0.396. The molecule has 2 aromatic rings. The molecule has 0 aromatic heterocycles. The molecule has 0 spiro atoms. The average Bonchev–Trinajstić information content (AvgIpc) is 2.63. The molecular formula is C19H24N2O5. The van der Waals surface area contributed by atoms with E-state index in [2.05, 4.69) is 10.6 Å². The molecule has 0 saturated carbocycles. The third kappa shape index (κ3) is 5.20. The first-order valence-corrected chi connectivity index (χ1v) is 8.30. The molecule has 0 radical (unpaired) electrons. The highest BCUT2D eigenvalue weighted by Gasteiger charge is 2.10. The summed E-state index contributed by atoms with van der Waals surface area (Å²) in [6, 6.07) is 9.96. The van der Waals surface area contributed by atoms with Gasteiger partial charge >= 0.3 is 6.03 Å². The van der Waals surface area contributed by atoms with E-state index in [1.54, 1.807) is 50.6 Å². The Morgan fingerprint density at radius 1 is 0.808 bits per heavy atom. The van der Waals surface area contributed by atoms with Crippen molar-refractivity contribution < 1.29 is 23.7 Å².